The first-order valence-corrected chi connectivity index (χ1v) is 8.76. The van der Waals surface area contributed by atoms with E-state index in [9.17, 15) is 9.59 Å². The van der Waals surface area contributed by atoms with E-state index < -0.39 is 12.2 Å². The Morgan fingerprint density at radius 1 is 0.700 bits per heavy atom. The average molecular weight is 414 g/mol. The second kappa shape index (κ2) is 11.1. The third-order valence-electron chi connectivity index (χ3n) is 3.74. The maximum absolute atomic E-state index is 11.9. The van der Waals surface area contributed by atoms with E-state index in [1.165, 1.54) is 28.1 Å². The first-order chi connectivity index (χ1) is 14.4. The van der Waals surface area contributed by atoms with Crippen LogP contribution < -0.4 is 20.1 Å². The molecule has 10 nitrogen and oxygen atoms in total. The highest BCUT2D eigenvalue weighted by Gasteiger charge is 2.10. The maximum Gasteiger partial charge on any atom is 0.437 e. The molecule has 30 heavy (non-hydrogen) atoms. The van der Waals surface area contributed by atoms with Crippen LogP contribution in [0.4, 0.5) is 21.0 Å². The zero-order valence-corrected chi connectivity index (χ0v) is 17.0. The van der Waals surface area contributed by atoms with Gasteiger partial charge in [0.25, 0.3) is 0 Å². The zero-order chi connectivity index (χ0) is 21.9. The van der Waals surface area contributed by atoms with Crippen LogP contribution in [0.25, 0.3) is 0 Å². The lowest BCUT2D eigenvalue weighted by Crippen LogP contribution is -2.16. The predicted molar refractivity (Wildman–Crippen MR) is 112 cm³/mol. The lowest BCUT2D eigenvalue weighted by Gasteiger charge is -2.08. The van der Waals surface area contributed by atoms with Crippen LogP contribution in [-0.4, -0.2) is 37.8 Å². The molecule has 2 amide bonds. The summed E-state index contributed by atoms with van der Waals surface area (Å²) in [5.41, 5.74) is 1.32. The number of hydrogen-bond donors (Lipinski definition) is 2. The summed E-state index contributed by atoms with van der Waals surface area (Å²) in [6, 6.07) is 13.7. The van der Waals surface area contributed by atoms with Crippen molar-refractivity contribution < 1.29 is 28.7 Å². The van der Waals surface area contributed by atoms with Crippen LogP contribution in [0.3, 0.4) is 0 Å². The molecule has 0 spiro atoms. The van der Waals surface area contributed by atoms with E-state index in [1.807, 2.05) is 0 Å². The van der Waals surface area contributed by atoms with E-state index in [-0.39, 0.29) is 11.4 Å². The molecule has 0 aliphatic carbocycles. The van der Waals surface area contributed by atoms with E-state index in [2.05, 4.69) is 20.9 Å². The fourth-order valence-corrected chi connectivity index (χ4v) is 2.11. The van der Waals surface area contributed by atoms with Gasteiger partial charge in [0.05, 0.1) is 25.6 Å². The summed E-state index contributed by atoms with van der Waals surface area (Å²) in [5, 5.41) is 12.3. The lowest BCUT2D eigenvalue weighted by atomic mass is 10.3. The predicted octanol–water partition coefficient (Wildman–Crippen LogP) is 4.25. The number of rotatable bonds is 7. The van der Waals surface area contributed by atoms with Crippen LogP contribution >= 0.6 is 0 Å². The first-order valence-electron chi connectivity index (χ1n) is 8.76. The molecule has 2 N–H and O–H groups in total. The molecule has 0 aromatic heterocycles. The summed E-state index contributed by atoms with van der Waals surface area (Å²) in [5.74, 6) is 0.949. The van der Waals surface area contributed by atoms with Crippen molar-refractivity contribution in [2.75, 3.05) is 24.9 Å². The molecular weight excluding hydrogens is 392 g/mol. The molecule has 0 radical (unpaired) electrons. The summed E-state index contributed by atoms with van der Waals surface area (Å²) in [7, 11) is 2.97. The number of benzene rings is 2. The number of nitrogens with one attached hydrogen (secondary N) is 2. The van der Waals surface area contributed by atoms with Crippen molar-refractivity contribution in [2.45, 2.75) is 13.8 Å². The minimum Gasteiger partial charge on any atom is -0.495 e. The molecule has 0 atom stereocenters. The SMILES string of the molecule is COc1ccccc1NC(=O)O/N=C(C)\C(C)=N/OC(=O)Nc1ccccc1OC. The summed E-state index contributed by atoms with van der Waals surface area (Å²) in [4.78, 5) is 33.4. The summed E-state index contributed by atoms with van der Waals surface area (Å²) < 4.78 is 10.3. The third kappa shape index (κ3) is 6.51. The molecule has 2 aromatic rings. The van der Waals surface area contributed by atoms with Gasteiger partial charge >= 0.3 is 12.2 Å². The Hall–Kier alpha value is -4.08. The standard InChI is InChI=1S/C20H22N4O6/c1-13(23-29-19(25)21-15-9-5-7-11-17(15)27-3)14(2)24-30-20(26)22-16-10-6-8-12-18(16)28-4/h5-12H,1-4H3,(H,21,25)(H,22,26)/b23-13-,24-14-. The second-order valence-electron chi connectivity index (χ2n) is 5.76. The minimum atomic E-state index is -0.818. The number of carbonyl (C=O) groups is 2. The van der Waals surface area contributed by atoms with Crippen LogP contribution in [0.15, 0.2) is 58.8 Å². The molecule has 2 rings (SSSR count). The highest BCUT2D eigenvalue weighted by atomic mass is 16.7. The quantitative estimate of drug-likeness (QED) is 0.397. The van der Waals surface area contributed by atoms with Crippen molar-refractivity contribution in [3.8, 4) is 11.5 Å². The van der Waals surface area contributed by atoms with Crippen molar-refractivity contribution >= 4 is 35.0 Å². The molecule has 0 unspecified atom stereocenters. The fraction of sp³-hybridized carbons (Fsp3) is 0.200. The Balaban J connectivity index is 1.89. The van der Waals surface area contributed by atoms with Crippen molar-refractivity contribution in [1.82, 2.24) is 0 Å². The molecule has 0 aliphatic rings. The normalized spacial score (nSPS) is 11.3. The molecule has 0 heterocycles. The number of ether oxygens (including phenoxy) is 2. The minimum absolute atomic E-state index is 0.232. The smallest absolute Gasteiger partial charge is 0.437 e. The van der Waals surface area contributed by atoms with Gasteiger partial charge in [0, 0.05) is 0 Å². The maximum atomic E-state index is 11.9. The van der Waals surface area contributed by atoms with Crippen molar-refractivity contribution in [3.63, 3.8) is 0 Å². The Bertz CT molecular complexity index is 880. The number of anilines is 2. The van der Waals surface area contributed by atoms with Gasteiger partial charge in [0.15, 0.2) is 0 Å². The van der Waals surface area contributed by atoms with E-state index >= 15 is 0 Å². The van der Waals surface area contributed by atoms with Crippen LogP contribution in [0.1, 0.15) is 13.8 Å². The van der Waals surface area contributed by atoms with Gasteiger partial charge in [-0.3, -0.25) is 20.3 Å². The number of nitrogens with zero attached hydrogens (tertiary/aromatic N) is 2. The Kier molecular flexibility index (Phi) is 8.18. The monoisotopic (exact) mass is 414 g/mol. The number of para-hydroxylation sites is 4. The second-order valence-corrected chi connectivity index (χ2v) is 5.76. The van der Waals surface area contributed by atoms with Crippen LogP contribution in [0.2, 0.25) is 0 Å². The van der Waals surface area contributed by atoms with Gasteiger partial charge in [-0.15, -0.1) is 0 Å². The lowest BCUT2D eigenvalue weighted by molar-refractivity contribution is 0.164. The molecule has 0 bridgehead atoms. The van der Waals surface area contributed by atoms with E-state index in [1.54, 1.807) is 48.5 Å². The van der Waals surface area contributed by atoms with Crippen molar-refractivity contribution in [3.05, 3.63) is 48.5 Å². The molecule has 0 fully saturated rings. The molecule has 158 valence electrons. The fourth-order valence-electron chi connectivity index (χ4n) is 2.11. The van der Waals surface area contributed by atoms with Gasteiger partial charge < -0.3 is 9.47 Å². The van der Waals surface area contributed by atoms with E-state index in [0.29, 0.717) is 22.9 Å². The van der Waals surface area contributed by atoms with Gasteiger partial charge in [-0.1, -0.05) is 34.6 Å². The number of methoxy groups -OCH3 is 2. The molecular formula is C20H22N4O6. The van der Waals surface area contributed by atoms with Gasteiger partial charge in [0.1, 0.15) is 22.9 Å². The third-order valence-corrected chi connectivity index (χ3v) is 3.74. The number of amides is 2. The average Bonchev–Trinajstić information content (AvgIpc) is 2.76. The molecule has 0 saturated carbocycles. The van der Waals surface area contributed by atoms with E-state index in [4.69, 9.17) is 19.1 Å². The first kappa shape index (κ1) is 22.2. The van der Waals surface area contributed by atoms with Crippen LogP contribution in [0.5, 0.6) is 11.5 Å². The van der Waals surface area contributed by atoms with Crippen molar-refractivity contribution in [2.24, 2.45) is 10.3 Å². The highest BCUT2D eigenvalue weighted by Crippen LogP contribution is 2.23. The number of oxime groups is 2. The number of carbonyl (C=O) groups excluding carboxylic acids is 2. The molecule has 0 saturated heterocycles. The summed E-state index contributed by atoms with van der Waals surface area (Å²) in [6.07, 6.45) is -1.64. The van der Waals surface area contributed by atoms with Gasteiger partial charge in [-0.25, -0.2) is 9.59 Å². The summed E-state index contributed by atoms with van der Waals surface area (Å²) >= 11 is 0. The zero-order valence-electron chi connectivity index (χ0n) is 17.0. The Morgan fingerprint density at radius 2 is 1.07 bits per heavy atom. The highest BCUT2D eigenvalue weighted by molar-refractivity contribution is 6.40. The molecule has 2 aromatic carbocycles. The summed E-state index contributed by atoms with van der Waals surface area (Å²) in [6.45, 7) is 3.08. The topological polar surface area (TPSA) is 120 Å². The van der Waals surface area contributed by atoms with Crippen LogP contribution in [0, 0.1) is 0 Å². The number of hydrogen-bond acceptors (Lipinski definition) is 8. The van der Waals surface area contributed by atoms with Crippen LogP contribution in [-0.2, 0) is 9.68 Å². The van der Waals surface area contributed by atoms with Gasteiger partial charge in [-0.2, -0.15) is 0 Å². The van der Waals surface area contributed by atoms with Gasteiger partial charge in [0.2, 0.25) is 0 Å². The van der Waals surface area contributed by atoms with E-state index in [0.717, 1.165) is 0 Å². The molecule has 0 aliphatic heterocycles. The largest absolute Gasteiger partial charge is 0.495 e. The van der Waals surface area contributed by atoms with Gasteiger partial charge in [-0.05, 0) is 38.1 Å². The van der Waals surface area contributed by atoms with Crippen molar-refractivity contribution in [1.29, 1.82) is 0 Å². The Labute approximate surface area is 173 Å². The molecule has 10 heteroatoms. The Morgan fingerprint density at radius 3 is 1.43 bits per heavy atom.